The van der Waals surface area contributed by atoms with Gasteiger partial charge in [0.25, 0.3) is 5.91 Å². The number of carbonyl (C=O) groups is 1. The average molecular weight is 292 g/mol. The smallest absolute Gasteiger partial charge is 0.255 e. The molecule has 0 spiro atoms. The van der Waals surface area contributed by atoms with E-state index < -0.39 is 17.5 Å². The molecule has 0 bridgehead atoms. The van der Waals surface area contributed by atoms with Crippen molar-refractivity contribution in [3.8, 4) is 0 Å². The van der Waals surface area contributed by atoms with Crippen LogP contribution in [0.2, 0.25) is 0 Å². The standard InChI is InChI=1S/C15H14F2N2O2/c1-18-14-12(16)6-10(7-13(14)17)15(21)19-11-4-2-9(8-20)3-5-11/h2-7,18,20H,8H2,1H3,(H,19,21). The van der Waals surface area contributed by atoms with Gasteiger partial charge in [-0.05, 0) is 29.8 Å². The fourth-order valence-corrected chi connectivity index (χ4v) is 1.84. The third kappa shape index (κ3) is 3.35. The number of hydrogen-bond acceptors (Lipinski definition) is 3. The average Bonchev–Trinajstić information content (AvgIpc) is 2.47. The van der Waals surface area contributed by atoms with Crippen molar-refractivity contribution in [3.05, 3.63) is 59.2 Å². The van der Waals surface area contributed by atoms with Crippen LogP contribution in [-0.2, 0) is 6.61 Å². The number of hydrogen-bond donors (Lipinski definition) is 3. The molecule has 0 saturated carbocycles. The summed E-state index contributed by atoms with van der Waals surface area (Å²) in [5.41, 5.74) is 0.772. The first-order valence-corrected chi connectivity index (χ1v) is 6.23. The Morgan fingerprint density at radius 3 is 2.19 bits per heavy atom. The summed E-state index contributed by atoms with van der Waals surface area (Å²) in [5.74, 6) is -2.29. The fourth-order valence-electron chi connectivity index (χ4n) is 1.84. The van der Waals surface area contributed by atoms with E-state index in [1.807, 2.05) is 0 Å². The van der Waals surface area contributed by atoms with Crippen molar-refractivity contribution in [3.63, 3.8) is 0 Å². The Morgan fingerprint density at radius 2 is 1.71 bits per heavy atom. The van der Waals surface area contributed by atoms with Gasteiger partial charge in [0.15, 0.2) is 0 Å². The van der Waals surface area contributed by atoms with E-state index in [9.17, 15) is 13.6 Å². The summed E-state index contributed by atoms with van der Waals surface area (Å²) in [5, 5.41) is 13.8. The summed E-state index contributed by atoms with van der Waals surface area (Å²) in [6, 6.07) is 8.40. The van der Waals surface area contributed by atoms with Crippen LogP contribution >= 0.6 is 0 Å². The highest BCUT2D eigenvalue weighted by molar-refractivity contribution is 6.04. The van der Waals surface area contributed by atoms with Gasteiger partial charge in [0, 0.05) is 18.3 Å². The van der Waals surface area contributed by atoms with Gasteiger partial charge in [-0.15, -0.1) is 0 Å². The van der Waals surface area contributed by atoms with E-state index in [4.69, 9.17) is 5.11 Å². The lowest BCUT2D eigenvalue weighted by Crippen LogP contribution is -2.13. The molecule has 0 atom stereocenters. The van der Waals surface area contributed by atoms with Gasteiger partial charge in [0.1, 0.15) is 17.3 Å². The van der Waals surface area contributed by atoms with E-state index in [1.165, 1.54) is 7.05 Å². The van der Waals surface area contributed by atoms with Crippen LogP contribution < -0.4 is 10.6 Å². The van der Waals surface area contributed by atoms with Crippen LogP contribution in [0.15, 0.2) is 36.4 Å². The van der Waals surface area contributed by atoms with Crippen molar-refractivity contribution in [2.75, 3.05) is 17.7 Å². The zero-order valence-electron chi connectivity index (χ0n) is 11.3. The molecule has 1 amide bonds. The second-order valence-corrected chi connectivity index (χ2v) is 4.37. The first-order valence-electron chi connectivity index (χ1n) is 6.23. The van der Waals surface area contributed by atoms with Gasteiger partial charge in [0.05, 0.1) is 6.61 Å². The maximum absolute atomic E-state index is 13.6. The van der Waals surface area contributed by atoms with E-state index >= 15 is 0 Å². The summed E-state index contributed by atoms with van der Waals surface area (Å²) in [6.07, 6.45) is 0. The molecule has 0 aliphatic carbocycles. The maximum atomic E-state index is 13.6. The minimum Gasteiger partial charge on any atom is -0.392 e. The van der Waals surface area contributed by atoms with Gasteiger partial charge < -0.3 is 15.7 Å². The van der Waals surface area contributed by atoms with Crippen molar-refractivity contribution < 1.29 is 18.7 Å². The minimum atomic E-state index is -0.835. The number of rotatable bonds is 4. The lowest BCUT2D eigenvalue weighted by molar-refractivity contribution is 0.102. The fraction of sp³-hybridized carbons (Fsp3) is 0.133. The van der Waals surface area contributed by atoms with E-state index in [1.54, 1.807) is 24.3 Å². The third-order valence-corrected chi connectivity index (χ3v) is 2.95. The molecular weight excluding hydrogens is 278 g/mol. The first-order chi connectivity index (χ1) is 10.0. The van der Waals surface area contributed by atoms with Crippen LogP contribution in [-0.4, -0.2) is 18.1 Å². The summed E-state index contributed by atoms with van der Waals surface area (Å²) in [4.78, 5) is 12.0. The molecule has 0 aromatic heterocycles. The molecule has 2 rings (SSSR count). The number of anilines is 2. The molecule has 2 aromatic rings. The van der Waals surface area contributed by atoms with Gasteiger partial charge in [-0.2, -0.15) is 0 Å². The normalized spacial score (nSPS) is 10.3. The Balaban J connectivity index is 2.20. The molecule has 0 fully saturated rings. The molecule has 21 heavy (non-hydrogen) atoms. The molecule has 3 N–H and O–H groups in total. The number of nitrogens with one attached hydrogen (secondary N) is 2. The summed E-state index contributed by atoms with van der Waals surface area (Å²) >= 11 is 0. The molecule has 0 aliphatic rings. The van der Waals surface area contributed by atoms with Gasteiger partial charge in [0.2, 0.25) is 0 Å². The van der Waals surface area contributed by atoms with Crippen LogP contribution in [0.3, 0.4) is 0 Å². The molecule has 0 aliphatic heterocycles. The molecule has 0 saturated heterocycles. The van der Waals surface area contributed by atoms with Gasteiger partial charge in [-0.3, -0.25) is 4.79 Å². The van der Waals surface area contributed by atoms with Gasteiger partial charge in [-0.1, -0.05) is 12.1 Å². The lowest BCUT2D eigenvalue weighted by Gasteiger charge is -2.09. The quantitative estimate of drug-likeness (QED) is 0.812. The SMILES string of the molecule is CNc1c(F)cc(C(=O)Nc2ccc(CO)cc2)cc1F. The van der Waals surface area contributed by atoms with Crippen LogP contribution in [0, 0.1) is 11.6 Å². The Bertz CT molecular complexity index is 634. The van der Waals surface area contributed by atoms with Gasteiger partial charge >= 0.3 is 0 Å². The zero-order valence-corrected chi connectivity index (χ0v) is 11.3. The minimum absolute atomic E-state index is 0.101. The molecular formula is C15H14F2N2O2. The predicted molar refractivity (Wildman–Crippen MR) is 76.2 cm³/mol. The summed E-state index contributed by atoms with van der Waals surface area (Å²) in [6.45, 7) is -0.101. The number of benzene rings is 2. The van der Waals surface area contributed by atoms with Crippen LogP contribution in [0.1, 0.15) is 15.9 Å². The highest BCUT2D eigenvalue weighted by Crippen LogP contribution is 2.21. The Hall–Kier alpha value is -2.47. The molecule has 4 nitrogen and oxygen atoms in total. The van der Waals surface area contributed by atoms with Crippen molar-refractivity contribution in [2.24, 2.45) is 0 Å². The number of halogens is 2. The molecule has 0 radical (unpaired) electrons. The highest BCUT2D eigenvalue weighted by Gasteiger charge is 2.14. The molecule has 6 heteroatoms. The Morgan fingerprint density at radius 1 is 1.14 bits per heavy atom. The molecule has 2 aromatic carbocycles. The van der Waals surface area contributed by atoms with E-state index in [0.29, 0.717) is 11.3 Å². The molecule has 110 valence electrons. The number of carbonyl (C=O) groups excluding carboxylic acids is 1. The van der Waals surface area contributed by atoms with Crippen molar-refractivity contribution in [2.45, 2.75) is 6.61 Å². The second kappa shape index (κ2) is 6.32. The monoisotopic (exact) mass is 292 g/mol. The molecule has 0 heterocycles. The summed E-state index contributed by atoms with van der Waals surface area (Å²) in [7, 11) is 1.39. The topological polar surface area (TPSA) is 61.4 Å². The van der Waals surface area contributed by atoms with E-state index in [-0.39, 0.29) is 17.9 Å². The van der Waals surface area contributed by atoms with Crippen molar-refractivity contribution in [1.82, 2.24) is 0 Å². The number of aliphatic hydroxyl groups is 1. The third-order valence-electron chi connectivity index (χ3n) is 2.95. The van der Waals surface area contributed by atoms with Crippen molar-refractivity contribution >= 4 is 17.3 Å². The van der Waals surface area contributed by atoms with Gasteiger partial charge in [-0.25, -0.2) is 8.78 Å². The number of aliphatic hydroxyl groups excluding tert-OH is 1. The first kappa shape index (κ1) is 14.9. The number of amides is 1. The maximum Gasteiger partial charge on any atom is 0.255 e. The van der Waals surface area contributed by atoms with Crippen LogP contribution in [0.5, 0.6) is 0 Å². The second-order valence-electron chi connectivity index (χ2n) is 4.37. The molecule has 0 unspecified atom stereocenters. The Kier molecular flexibility index (Phi) is 4.49. The summed E-state index contributed by atoms with van der Waals surface area (Å²) < 4.78 is 27.2. The van der Waals surface area contributed by atoms with E-state index in [0.717, 1.165) is 12.1 Å². The van der Waals surface area contributed by atoms with Crippen LogP contribution in [0.4, 0.5) is 20.2 Å². The zero-order chi connectivity index (χ0) is 15.4. The Labute approximate surface area is 120 Å². The largest absolute Gasteiger partial charge is 0.392 e. The lowest BCUT2D eigenvalue weighted by atomic mass is 10.1. The predicted octanol–water partition coefficient (Wildman–Crippen LogP) is 2.75. The van der Waals surface area contributed by atoms with Crippen molar-refractivity contribution in [1.29, 1.82) is 0 Å². The van der Waals surface area contributed by atoms with Crippen LogP contribution in [0.25, 0.3) is 0 Å². The highest BCUT2D eigenvalue weighted by atomic mass is 19.1. The van der Waals surface area contributed by atoms with E-state index in [2.05, 4.69) is 10.6 Å².